The third-order valence-electron chi connectivity index (χ3n) is 1.12. The van der Waals surface area contributed by atoms with Gasteiger partial charge in [0.25, 0.3) is 0 Å². The van der Waals surface area contributed by atoms with Crippen LogP contribution < -0.4 is 0 Å². The standard InChI is InChI=1S/C7H5BrF2O/c8-4-1-6(9)5(3-11)7(10)2-4/h1-2,11H,3H2/i3D2. The molecule has 1 aromatic carbocycles. The monoisotopic (exact) mass is 224 g/mol. The summed E-state index contributed by atoms with van der Waals surface area (Å²) in [6.07, 6.45) is 0. The van der Waals surface area contributed by atoms with Crippen LogP contribution in [-0.2, 0) is 6.56 Å². The van der Waals surface area contributed by atoms with E-state index in [-0.39, 0.29) is 4.47 Å². The van der Waals surface area contributed by atoms with Gasteiger partial charge in [-0.15, -0.1) is 0 Å². The fourth-order valence-corrected chi connectivity index (χ4v) is 1.05. The molecule has 0 atom stereocenters. The zero-order valence-electron chi connectivity index (χ0n) is 7.24. The fourth-order valence-electron chi connectivity index (χ4n) is 0.649. The molecule has 0 radical (unpaired) electrons. The van der Waals surface area contributed by atoms with Gasteiger partial charge in [0.15, 0.2) is 0 Å². The molecule has 0 saturated heterocycles. The van der Waals surface area contributed by atoms with Gasteiger partial charge in [0.05, 0.1) is 9.30 Å². The molecule has 60 valence electrons. The van der Waals surface area contributed by atoms with E-state index in [0.29, 0.717) is 0 Å². The van der Waals surface area contributed by atoms with Crippen LogP contribution in [0.25, 0.3) is 0 Å². The predicted octanol–water partition coefficient (Wildman–Crippen LogP) is 2.22. The summed E-state index contributed by atoms with van der Waals surface area (Å²) >= 11 is 2.83. The molecule has 11 heavy (non-hydrogen) atoms. The summed E-state index contributed by atoms with van der Waals surface area (Å²) < 4.78 is 39.5. The Morgan fingerprint density at radius 2 is 1.91 bits per heavy atom. The average Bonchev–Trinajstić information content (AvgIpc) is 1.78. The zero-order chi connectivity index (χ0) is 10.2. The molecular weight excluding hydrogens is 218 g/mol. The number of rotatable bonds is 1. The number of halogens is 3. The van der Waals surface area contributed by atoms with Crippen molar-refractivity contribution in [1.29, 1.82) is 0 Å². The second kappa shape index (κ2) is 3.28. The molecule has 1 aromatic rings. The van der Waals surface area contributed by atoms with E-state index in [9.17, 15) is 8.78 Å². The Kier molecular flexibility index (Phi) is 1.81. The minimum Gasteiger partial charge on any atom is -0.391 e. The average molecular weight is 225 g/mol. The summed E-state index contributed by atoms with van der Waals surface area (Å²) in [5.41, 5.74) is -0.976. The van der Waals surface area contributed by atoms with Gasteiger partial charge in [0.1, 0.15) is 11.6 Å². The minimum absolute atomic E-state index is 0.149. The molecule has 0 amide bonds. The molecule has 0 bridgehead atoms. The number of hydrogen-bond donors (Lipinski definition) is 1. The lowest BCUT2D eigenvalue weighted by atomic mass is 10.2. The van der Waals surface area contributed by atoms with Crippen LogP contribution in [0.2, 0.25) is 0 Å². The first kappa shape index (κ1) is 6.08. The van der Waals surface area contributed by atoms with Gasteiger partial charge >= 0.3 is 0 Å². The van der Waals surface area contributed by atoms with Crippen molar-refractivity contribution in [1.82, 2.24) is 0 Å². The van der Waals surface area contributed by atoms with Crippen molar-refractivity contribution in [3.63, 3.8) is 0 Å². The van der Waals surface area contributed by atoms with Gasteiger partial charge < -0.3 is 5.11 Å². The molecule has 0 saturated carbocycles. The SMILES string of the molecule is [2H]C([2H])(O)c1c(F)cc(Br)cc1F. The van der Waals surface area contributed by atoms with Crippen LogP contribution in [0.3, 0.4) is 0 Å². The molecule has 1 rings (SSSR count). The lowest BCUT2D eigenvalue weighted by Gasteiger charge is -2.00. The molecule has 1 N–H and O–H groups in total. The molecule has 0 spiro atoms. The second-order valence-corrected chi connectivity index (χ2v) is 2.77. The maximum Gasteiger partial charge on any atom is 0.132 e. The van der Waals surface area contributed by atoms with E-state index in [1.165, 1.54) is 0 Å². The lowest BCUT2D eigenvalue weighted by molar-refractivity contribution is 0.269. The maximum absolute atomic E-state index is 12.9. The van der Waals surface area contributed by atoms with Crippen molar-refractivity contribution >= 4 is 15.9 Å². The topological polar surface area (TPSA) is 20.2 Å². The molecule has 0 aliphatic rings. The number of aliphatic hydroxyl groups is 1. The summed E-state index contributed by atoms with van der Waals surface area (Å²) in [4.78, 5) is 0. The summed E-state index contributed by atoms with van der Waals surface area (Å²) in [6, 6.07) is 1.76. The second-order valence-electron chi connectivity index (χ2n) is 1.86. The van der Waals surface area contributed by atoms with E-state index in [2.05, 4.69) is 15.9 Å². The van der Waals surface area contributed by atoms with Gasteiger partial charge in [-0.1, -0.05) is 15.9 Å². The number of hydrogen-bond acceptors (Lipinski definition) is 1. The van der Waals surface area contributed by atoms with Gasteiger partial charge in [-0.05, 0) is 12.1 Å². The highest BCUT2D eigenvalue weighted by Gasteiger charge is 2.08. The molecule has 0 fully saturated rings. The van der Waals surface area contributed by atoms with Gasteiger partial charge in [0.2, 0.25) is 0 Å². The summed E-state index contributed by atoms with van der Waals surface area (Å²) in [5.74, 6) is -2.25. The van der Waals surface area contributed by atoms with Crippen LogP contribution in [0.15, 0.2) is 16.6 Å². The first-order valence-corrected chi connectivity index (χ1v) is 3.49. The van der Waals surface area contributed by atoms with Gasteiger partial charge in [-0.2, -0.15) is 0 Å². The summed E-state index contributed by atoms with van der Waals surface area (Å²) in [5, 5.41) is 8.78. The van der Waals surface area contributed by atoms with Crippen molar-refractivity contribution in [2.24, 2.45) is 0 Å². The Morgan fingerprint density at radius 3 is 2.27 bits per heavy atom. The third-order valence-corrected chi connectivity index (χ3v) is 1.58. The predicted molar refractivity (Wildman–Crippen MR) is 40.0 cm³/mol. The Morgan fingerprint density at radius 1 is 1.45 bits per heavy atom. The first-order chi connectivity index (χ1) is 5.82. The Balaban J connectivity index is 3.38. The van der Waals surface area contributed by atoms with Crippen LogP contribution in [0.1, 0.15) is 8.30 Å². The molecule has 0 aliphatic carbocycles. The van der Waals surface area contributed by atoms with Gasteiger partial charge in [0, 0.05) is 10.0 Å². The van der Waals surface area contributed by atoms with Crippen molar-refractivity contribution < 1.29 is 16.6 Å². The van der Waals surface area contributed by atoms with Crippen LogP contribution in [-0.4, -0.2) is 5.11 Å². The Labute approximate surface area is 73.6 Å². The van der Waals surface area contributed by atoms with Crippen LogP contribution in [0, 0.1) is 11.6 Å². The molecule has 1 nitrogen and oxygen atoms in total. The molecular formula is C7H5BrF2O. The largest absolute Gasteiger partial charge is 0.391 e. The van der Waals surface area contributed by atoms with Crippen LogP contribution in [0.4, 0.5) is 8.78 Å². The third kappa shape index (κ3) is 1.75. The van der Waals surface area contributed by atoms with Crippen molar-refractivity contribution in [3.8, 4) is 0 Å². The lowest BCUT2D eigenvalue weighted by Crippen LogP contribution is -1.94. The number of benzene rings is 1. The highest BCUT2D eigenvalue weighted by atomic mass is 79.9. The van der Waals surface area contributed by atoms with E-state index < -0.39 is 23.8 Å². The molecule has 0 aliphatic heterocycles. The Hall–Kier alpha value is -0.480. The maximum atomic E-state index is 12.9. The summed E-state index contributed by atoms with van der Waals surface area (Å²) in [7, 11) is 0. The molecule has 4 heteroatoms. The fraction of sp³-hybridized carbons (Fsp3) is 0.143. The van der Waals surface area contributed by atoms with Crippen molar-refractivity contribution in [3.05, 3.63) is 33.8 Å². The van der Waals surface area contributed by atoms with Crippen LogP contribution >= 0.6 is 15.9 Å². The first-order valence-electron chi connectivity index (χ1n) is 3.70. The summed E-state index contributed by atoms with van der Waals surface area (Å²) in [6.45, 7) is -3.01. The van der Waals surface area contributed by atoms with E-state index in [0.717, 1.165) is 12.1 Å². The van der Waals surface area contributed by atoms with E-state index in [1.807, 2.05) is 0 Å². The minimum atomic E-state index is -3.01. The zero-order valence-corrected chi connectivity index (χ0v) is 6.82. The van der Waals surface area contributed by atoms with Crippen molar-refractivity contribution in [2.75, 3.05) is 0 Å². The molecule has 0 heterocycles. The Bertz CT molecular complexity index is 315. The quantitative estimate of drug-likeness (QED) is 0.776. The van der Waals surface area contributed by atoms with E-state index in [4.69, 9.17) is 7.85 Å². The molecule has 0 unspecified atom stereocenters. The van der Waals surface area contributed by atoms with Crippen LogP contribution in [0.5, 0.6) is 0 Å². The van der Waals surface area contributed by atoms with E-state index >= 15 is 0 Å². The smallest absolute Gasteiger partial charge is 0.132 e. The van der Waals surface area contributed by atoms with Crippen molar-refractivity contribution in [2.45, 2.75) is 6.56 Å². The highest BCUT2D eigenvalue weighted by molar-refractivity contribution is 9.10. The van der Waals surface area contributed by atoms with Gasteiger partial charge in [-0.3, -0.25) is 0 Å². The van der Waals surface area contributed by atoms with Gasteiger partial charge in [-0.25, -0.2) is 8.78 Å². The molecule has 0 aromatic heterocycles. The van der Waals surface area contributed by atoms with E-state index in [1.54, 1.807) is 0 Å². The normalized spacial score (nSPS) is 14.2. The highest BCUT2D eigenvalue weighted by Crippen LogP contribution is 2.18.